The van der Waals surface area contributed by atoms with Gasteiger partial charge >= 0.3 is 5.97 Å². The molecule has 1 aliphatic carbocycles. The number of rotatable bonds is 8. The van der Waals surface area contributed by atoms with Crippen molar-refractivity contribution >= 4 is 5.97 Å². The van der Waals surface area contributed by atoms with Crippen LogP contribution in [0.25, 0.3) is 34.2 Å². The van der Waals surface area contributed by atoms with E-state index in [1.807, 2.05) is 38.1 Å². The second-order valence-electron chi connectivity index (χ2n) is 11.0. The van der Waals surface area contributed by atoms with Crippen LogP contribution in [-0.4, -0.2) is 39.2 Å². The molecule has 7 heteroatoms. The summed E-state index contributed by atoms with van der Waals surface area (Å²) in [6.45, 7) is 8.57. The maximum absolute atomic E-state index is 12.3. The highest BCUT2D eigenvalue weighted by molar-refractivity contribution is 5.73. The van der Waals surface area contributed by atoms with Crippen LogP contribution >= 0.6 is 0 Å². The summed E-state index contributed by atoms with van der Waals surface area (Å²) in [4.78, 5) is 26.7. The van der Waals surface area contributed by atoms with Crippen LogP contribution in [0.4, 0.5) is 0 Å². The van der Waals surface area contributed by atoms with Gasteiger partial charge in [0.05, 0.1) is 11.5 Å². The Hall–Kier alpha value is -4.26. The molecule has 1 saturated carbocycles. The lowest BCUT2D eigenvalue weighted by Gasteiger charge is -2.19. The fourth-order valence-corrected chi connectivity index (χ4v) is 5.41. The predicted molar refractivity (Wildman–Crippen MR) is 160 cm³/mol. The zero-order valence-corrected chi connectivity index (χ0v) is 24.2. The molecule has 0 bridgehead atoms. The van der Waals surface area contributed by atoms with Crippen molar-refractivity contribution in [2.24, 2.45) is 5.92 Å². The van der Waals surface area contributed by atoms with Crippen LogP contribution in [0.2, 0.25) is 0 Å². The molecule has 0 radical (unpaired) electrons. The molecule has 0 saturated heterocycles. The molecule has 4 aromatic rings. The smallest absolute Gasteiger partial charge is 0.309 e. The Balaban J connectivity index is 1.39. The highest BCUT2D eigenvalue weighted by atomic mass is 16.6. The summed E-state index contributed by atoms with van der Waals surface area (Å²) in [5, 5.41) is 11.0. The number of carbonyl (C=O) groups excluding carboxylic acids is 1. The monoisotopic (exact) mass is 551 g/mol. The van der Waals surface area contributed by atoms with Gasteiger partial charge in [-0.05, 0) is 63.8 Å². The Morgan fingerprint density at radius 2 is 1.27 bits per heavy atom. The summed E-state index contributed by atoms with van der Waals surface area (Å²) in [7, 11) is 0. The standard InChI is InChI=1S/C34H37N3O4/c1-21-10-13-27(23(3)18-21)31-35-32(28-14-11-22(2)19-24(28)4)37-33(36-31)29-15-12-26(20-30(29)38)40-16-17-41-34(39)25-8-6-5-7-9-25/h10-15,18-20,25,38H,5-9,16-17H2,1-4H3. The van der Waals surface area contributed by atoms with E-state index >= 15 is 0 Å². The third-order valence-electron chi connectivity index (χ3n) is 7.63. The van der Waals surface area contributed by atoms with Crippen LogP contribution in [0, 0.1) is 33.6 Å². The molecule has 0 amide bonds. The molecule has 7 nitrogen and oxygen atoms in total. The van der Waals surface area contributed by atoms with Crippen LogP contribution in [0.5, 0.6) is 11.5 Å². The first-order chi connectivity index (χ1) is 19.8. The number of nitrogens with zero attached hydrogens (tertiary/aromatic N) is 3. The second-order valence-corrected chi connectivity index (χ2v) is 11.0. The van der Waals surface area contributed by atoms with E-state index in [-0.39, 0.29) is 30.9 Å². The number of aromatic hydroxyl groups is 1. The zero-order chi connectivity index (χ0) is 28.9. The van der Waals surface area contributed by atoms with Crippen molar-refractivity contribution in [3.63, 3.8) is 0 Å². The van der Waals surface area contributed by atoms with Gasteiger partial charge in [0.2, 0.25) is 0 Å². The van der Waals surface area contributed by atoms with E-state index < -0.39 is 0 Å². The van der Waals surface area contributed by atoms with Crippen molar-refractivity contribution in [3.8, 4) is 45.7 Å². The molecule has 0 unspecified atom stereocenters. The lowest BCUT2D eigenvalue weighted by atomic mass is 9.89. The molecular weight excluding hydrogens is 514 g/mol. The first kappa shape index (κ1) is 28.3. The van der Waals surface area contributed by atoms with Crippen molar-refractivity contribution in [2.45, 2.75) is 59.8 Å². The second kappa shape index (κ2) is 12.5. The maximum Gasteiger partial charge on any atom is 0.309 e. The number of aryl methyl sites for hydroxylation is 4. The molecule has 0 aliphatic heterocycles. The molecular formula is C34H37N3O4. The normalized spacial score (nSPS) is 13.7. The third kappa shape index (κ3) is 6.73. The van der Waals surface area contributed by atoms with E-state index in [4.69, 9.17) is 24.4 Å². The largest absolute Gasteiger partial charge is 0.507 e. The maximum atomic E-state index is 12.3. The molecule has 1 N–H and O–H groups in total. The van der Waals surface area contributed by atoms with E-state index in [9.17, 15) is 9.90 Å². The van der Waals surface area contributed by atoms with Crippen molar-refractivity contribution in [3.05, 3.63) is 76.9 Å². The Labute approximate surface area is 241 Å². The summed E-state index contributed by atoms with van der Waals surface area (Å²) in [6.07, 6.45) is 5.17. The minimum Gasteiger partial charge on any atom is -0.507 e. The number of esters is 1. The molecule has 1 aromatic heterocycles. The van der Waals surface area contributed by atoms with Gasteiger partial charge in [-0.3, -0.25) is 4.79 Å². The van der Waals surface area contributed by atoms with Gasteiger partial charge in [-0.2, -0.15) is 0 Å². The molecule has 41 heavy (non-hydrogen) atoms. The average molecular weight is 552 g/mol. The molecule has 0 atom stereocenters. The number of ether oxygens (including phenoxy) is 2. The number of phenols is 1. The number of benzene rings is 3. The summed E-state index contributed by atoms with van der Waals surface area (Å²) in [6, 6.07) is 17.4. The van der Waals surface area contributed by atoms with Crippen LogP contribution < -0.4 is 4.74 Å². The predicted octanol–water partition coefficient (Wildman–Crippen LogP) is 7.31. The van der Waals surface area contributed by atoms with Crippen LogP contribution in [0.15, 0.2) is 54.6 Å². The number of aromatic nitrogens is 3. The Kier molecular flexibility index (Phi) is 8.62. The molecule has 212 valence electrons. The fraction of sp³-hybridized carbons (Fsp3) is 0.353. The number of hydrogen-bond donors (Lipinski definition) is 1. The van der Waals surface area contributed by atoms with Crippen LogP contribution in [0.3, 0.4) is 0 Å². The summed E-state index contributed by atoms with van der Waals surface area (Å²) in [5.74, 6) is 1.79. The van der Waals surface area contributed by atoms with Gasteiger partial charge < -0.3 is 14.6 Å². The Bertz CT molecular complexity index is 1490. The highest BCUT2D eigenvalue weighted by Crippen LogP contribution is 2.34. The average Bonchev–Trinajstić information content (AvgIpc) is 2.95. The molecule has 1 heterocycles. The van der Waals surface area contributed by atoms with Gasteiger partial charge in [0.1, 0.15) is 24.7 Å². The van der Waals surface area contributed by atoms with Crippen molar-refractivity contribution in [1.82, 2.24) is 15.0 Å². The van der Waals surface area contributed by atoms with E-state index in [0.29, 0.717) is 28.8 Å². The number of carbonyl (C=O) groups is 1. The Morgan fingerprint density at radius 3 is 1.80 bits per heavy atom. The summed E-state index contributed by atoms with van der Waals surface area (Å²) < 4.78 is 11.2. The molecule has 5 rings (SSSR count). The van der Waals surface area contributed by atoms with Gasteiger partial charge in [-0.1, -0.05) is 66.8 Å². The first-order valence-corrected chi connectivity index (χ1v) is 14.3. The molecule has 3 aromatic carbocycles. The SMILES string of the molecule is Cc1ccc(-c2nc(-c3ccc(C)cc3C)nc(-c3ccc(OCCOC(=O)C4CCCCC4)cc3O)n2)c(C)c1. The van der Waals surface area contributed by atoms with Gasteiger partial charge in [0.15, 0.2) is 17.5 Å². The van der Waals surface area contributed by atoms with Crippen molar-refractivity contribution < 1.29 is 19.4 Å². The quantitative estimate of drug-likeness (QED) is 0.181. The molecule has 1 aliphatic rings. The topological polar surface area (TPSA) is 94.4 Å². The van der Waals surface area contributed by atoms with Crippen molar-refractivity contribution in [1.29, 1.82) is 0 Å². The summed E-state index contributed by atoms with van der Waals surface area (Å²) >= 11 is 0. The van der Waals surface area contributed by atoms with Gasteiger partial charge in [-0.15, -0.1) is 0 Å². The van der Waals surface area contributed by atoms with Gasteiger partial charge in [0, 0.05) is 17.2 Å². The highest BCUT2D eigenvalue weighted by Gasteiger charge is 2.22. The summed E-state index contributed by atoms with van der Waals surface area (Å²) in [5.41, 5.74) is 6.73. The molecule has 0 spiro atoms. The van der Waals surface area contributed by atoms with E-state index in [1.54, 1.807) is 12.1 Å². The minimum absolute atomic E-state index is 0.00828. The van der Waals surface area contributed by atoms with E-state index in [0.717, 1.165) is 59.1 Å². The van der Waals surface area contributed by atoms with Gasteiger partial charge in [0.25, 0.3) is 0 Å². The number of hydrogen-bond acceptors (Lipinski definition) is 7. The van der Waals surface area contributed by atoms with E-state index in [1.165, 1.54) is 12.5 Å². The van der Waals surface area contributed by atoms with Crippen LogP contribution in [-0.2, 0) is 9.53 Å². The zero-order valence-electron chi connectivity index (χ0n) is 24.2. The Morgan fingerprint density at radius 1 is 0.732 bits per heavy atom. The first-order valence-electron chi connectivity index (χ1n) is 14.3. The van der Waals surface area contributed by atoms with Crippen LogP contribution in [0.1, 0.15) is 54.4 Å². The number of phenolic OH excluding ortho intramolecular Hbond substituents is 1. The lowest BCUT2D eigenvalue weighted by Crippen LogP contribution is -2.22. The van der Waals surface area contributed by atoms with Crippen molar-refractivity contribution in [2.75, 3.05) is 13.2 Å². The van der Waals surface area contributed by atoms with Gasteiger partial charge in [-0.25, -0.2) is 15.0 Å². The van der Waals surface area contributed by atoms with E-state index in [2.05, 4.69) is 26.0 Å². The fourth-order valence-electron chi connectivity index (χ4n) is 5.41. The molecule has 1 fully saturated rings. The minimum atomic E-state index is -0.138. The third-order valence-corrected chi connectivity index (χ3v) is 7.63. The lowest BCUT2D eigenvalue weighted by molar-refractivity contribution is -0.150.